The Morgan fingerprint density at radius 3 is 2.81 bits per heavy atom. The monoisotopic (exact) mass is 429 g/mol. The number of hydrogen-bond acceptors (Lipinski definition) is 7. The van der Waals surface area contributed by atoms with Crippen molar-refractivity contribution in [2.75, 3.05) is 36.4 Å². The Bertz CT molecular complexity index is 1400. The van der Waals surface area contributed by atoms with Crippen molar-refractivity contribution in [3.8, 4) is 11.1 Å². The summed E-state index contributed by atoms with van der Waals surface area (Å²) in [6.07, 6.45) is 10.5. The first-order chi connectivity index (χ1) is 15.7. The maximum atomic E-state index is 14.4. The molecule has 0 aromatic carbocycles. The summed E-state index contributed by atoms with van der Waals surface area (Å²) in [4.78, 5) is 23.0. The zero-order valence-corrected chi connectivity index (χ0v) is 17.1. The number of nitrogens with zero attached hydrogens (tertiary/aromatic N) is 6. The first-order valence-corrected chi connectivity index (χ1v) is 10.4. The Hall–Kier alpha value is -4.05. The molecule has 0 saturated carbocycles. The Labute approximate surface area is 182 Å². The third-order valence-corrected chi connectivity index (χ3v) is 5.63. The highest BCUT2D eigenvalue weighted by molar-refractivity contribution is 5.93. The zero-order chi connectivity index (χ0) is 21.5. The number of piperazine rings is 1. The Morgan fingerprint density at radius 1 is 1.06 bits per heavy atom. The van der Waals surface area contributed by atoms with Gasteiger partial charge in [-0.15, -0.1) is 0 Å². The molecule has 0 spiro atoms. The van der Waals surface area contributed by atoms with E-state index in [0.717, 1.165) is 54.2 Å². The molecule has 5 aromatic rings. The van der Waals surface area contributed by atoms with Crippen LogP contribution in [0.4, 0.5) is 21.8 Å². The van der Waals surface area contributed by atoms with E-state index in [9.17, 15) is 4.39 Å². The van der Waals surface area contributed by atoms with Crippen LogP contribution in [0.5, 0.6) is 0 Å². The van der Waals surface area contributed by atoms with Crippen LogP contribution in [0.25, 0.3) is 27.8 Å². The Morgan fingerprint density at radius 2 is 1.97 bits per heavy atom. The van der Waals surface area contributed by atoms with Crippen LogP contribution in [0.1, 0.15) is 0 Å². The fraction of sp³-hybridized carbons (Fsp3) is 0.182. The lowest BCUT2D eigenvalue weighted by Gasteiger charge is -2.28. The van der Waals surface area contributed by atoms with Crippen LogP contribution in [-0.2, 0) is 0 Å². The van der Waals surface area contributed by atoms with Gasteiger partial charge in [0.15, 0.2) is 11.5 Å². The van der Waals surface area contributed by atoms with Gasteiger partial charge in [-0.25, -0.2) is 19.3 Å². The second kappa shape index (κ2) is 7.57. The van der Waals surface area contributed by atoms with Gasteiger partial charge in [-0.05, 0) is 18.2 Å². The summed E-state index contributed by atoms with van der Waals surface area (Å²) in [5.41, 5.74) is 3.31. The van der Waals surface area contributed by atoms with Crippen LogP contribution < -0.4 is 15.5 Å². The number of aromatic amines is 1. The van der Waals surface area contributed by atoms with Gasteiger partial charge in [-0.2, -0.15) is 4.98 Å². The fourth-order valence-electron chi connectivity index (χ4n) is 4.01. The normalized spacial score (nSPS) is 14.3. The lowest BCUT2D eigenvalue weighted by molar-refractivity contribution is 0.585. The van der Waals surface area contributed by atoms with Crippen LogP contribution in [0.2, 0.25) is 0 Å². The predicted molar refractivity (Wildman–Crippen MR) is 121 cm³/mol. The van der Waals surface area contributed by atoms with Gasteiger partial charge < -0.3 is 24.9 Å². The van der Waals surface area contributed by atoms with Crippen molar-refractivity contribution in [3.05, 3.63) is 61.2 Å². The number of H-pyrrole nitrogens is 1. The van der Waals surface area contributed by atoms with Gasteiger partial charge in [0.1, 0.15) is 11.5 Å². The van der Waals surface area contributed by atoms with Crippen LogP contribution >= 0.6 is 0 Å². The zero-order valence-electron chi connectivity index (χ0n) is 17.1. The Kier molecular flexibility index (Phi) is 4.43. The maximum Gasteiger partial charge on any atom is 0.229 e. The molecular formula is C22H20FN9. The number of imidazole rings is 1. The number of nitrogens with one attached hydrogen (secondary N) is 3. The molecular weight excluding hydrogens is 409 g/mol. The molecule has 9 nitrogen and oxygen atoms in total. The fourth-order valence-corrected chi connectivity index (χ4v) is 4.01. The van der Waals surface area contributed by atoms with E-state index in [2.05, 4.69) is 40.5 Å². The maximum absolute atomic E-state index is 14.4. The highest BCUT2D eigenvalue weighted by Gasteiger charge is 2.14. The van der Waals surface area contributed by atoms with Crippen molar-refractivity contribution in [1.29, 1.82) is 0 Å². The minimum Gasteiger partial charge on any atom is -0.354 e. The number of pyridine rings is 2. The largest absolute Gasteiger partial charge is 0.354 e. The quantitative estimate of drug-likeness (QED) is 0.404. The number of fused-ring (bicyclic) bond motifs is 2. The van der Waals surface area contributed by atoms with Gasteiger partial charge >= 0.3 is 0 Å². The number of aromatic nitrogens is 6. The van der Waals surface area contributed by atoms with Gasteiger partial charge in [-0.1, -0.05) is 0 Å². The second-order valence-electron chi connectivity index (χ2n) is 7.66. The van der Waals surface area contributed by atoms with E-state index in [0.29, 0.717) is 17.2 Å². The summed E-state index contributed by atoms with van der Waals surface area (Å²) in [5.74, 6) is 1.04. The molecule has 0 amide bonds. The van der Waals surface area contributed by atoms with E-state index in [-0.39, 0.29) is 5.82 Å². The average molecular weight is 429 g/mol. The summed E-state index contributed by atoms with van der Waals surface area (Å²) in [7, 11) is 0. The van der Waals surface area contributed by atoms with E-state index < -0.39 is 0 Å². The van der Waals surface area contributed by atoms with Crippen LogP contribution in [-0.4, -0.2) is 55.5 Å². The van der Waals surface area contributed by atoms with Crippen molar-refractivity contribution in [2.45, 2.75) is 0 Å². The smallest absolute Gasteiger partial charge is 0.229 e. The van der Waals surface area contributed by atoms with Crippen molar-refractivity contribution >= 4 is 34.1 Å². The molecule has 1 fully saturated rings. The van der Waals surface area contributed by atoms with E-state index in [4.69, 9.17) is 0 Å². The highest BCUT2D eigenvalue weighted by Crippen LogP contribution is 2.29. The van der Waals surface area contributed by atoms with Crippen molar-refractivity contribution < 1.29 is 4.39 Å². The first-order valence-electron chi connectivity index (χ1n) is 10.4. The molecule has 0 unspecified atom stereocenters. The van der Waals surface area contributed by atoms with Gasteiger partial charge in [0.05, 0.1) is 11.9 Å². The molecule has 32 heavy (non-hydrogen) atoms. The molecule has 1 aliphatic rings. The minimum absolute atomic E-state index is 0.299. The van der Waals surface area contributed by atoms with Crippen molar-refractivity contribution in [3.63, 3.8) is 0 Å². The number of rotatable bonds is 4. The summed E-state index contributed by atoms with van der Waals surface area (Å²) in [5, 5.41) is 7.34. The highest BCUT2D eigenvalue weighted by atomic mass is 19.1. The summed E-state index contributed by atoms with van der Waals surface area (Å²) >= 11 is 0. The van der Waals surface area contributed by atoms with Crippen molar-refractivity contribution in [1.82, 2.24) is 34.6 Å². The van der Waals surface area contributed by atoms with Crippen molar-refractivity contribution in [2.24, 2.45) is 0 Å². The van der Waals surface area contributed by atoms with Gasteiger partial charge in [0.25, 0.3) is 0 Å². The topological polar surface area (TPSA) is 99.1 Å². The number of halogens is 1. The molecule has 1 saturated heterocycles. The molecule has 0 atom stereocenters. The Balaban J connectivity index is 1.25. The number of hydrogen-bond donors (Lipinski definition) is 3. The predicted octanol–water partition coefficient (Wildman–Crippen LogP) is 2.96. The molecule has 6 heterocycles. The van der Waals surface area contributed by atoms with Crippen LogP contribution in [0, 0.1) is 5.82 Å². The molecule has 10 heteroatoms. The van der Waals surface area contributed by atoms with E-state index in [1.807, 2.05) is 24.5 Å². The first kappa shape index (κ1) is 18.7. The number of anilines is 3. The molecule has 160 valence electrons. The summed E-state index contributed by atoms with van der Waals surface area (Å²) in [6, 6.07) is 5.45. The SMILES string of the molecule is Fc1cc(-c2c[nH]c3nc(Nc4ccc(N5CCNCC5)nc4)ncc23)cn2ccnc12. The molecule has 5 aromatic heterocycles. The van der Waals surface area contributed by atoms with Gasteiger partial charge in [-0.3, -0.25) is 0 Å². The third kappa shape index (κ3) is 3.30. The molecule has 0 radical (unpaired) electrons. The molecule has 3 N–H and O–H groups in total. The van der Waals surface area contributed by atoms with Crippen LogP contribution in [0.3, 0.4) is 0 Å². The summed E-state index contributed by atoms with van der Waals surface area (Å²) < 4.78 is 16.0. The molecule has 6 rings (SSSR count). The summed E-state index contributed by atoms with van der Waals surface area (Å²) in [6.45, 7) is 3.84. The van der Waals surface area contributed by atoms with Crippen LogP contribution in [0.15, 0.2) is 55.4 Å². The van der Waals surface area contributed by atoms with Gasteiger partial charge in [0.2, 0.25) is 5.95 Å². The minimum atomic E-state index is -0.377. The standard InChI is InChI=1S/C22H20FN9/c23-18-9-14(13-32-8-5-25-21(18)32)16-11-27-20-17(16)12-28-22(30-20)29-15-1-2-19(26-10-15)31-6-3-24-4-7-31/h1-2,5,8-13,24H,3-4,6-7H2,(H2,27,28,29,30). The molecule has 0 bridgehead atoms. The van der Waals surface area contributed by atoms with E-state index >= 15 is 0 Å². The molecule has 1 aliphatic heterocycles. The van der Waals surface area contributed by atoms with E-state index in [1.165, 1.54) is 6.07 Å². The third-order valence-electron chi connectivity index (χ3n) is 5.63. The lowest BCUT2D eigenvalue weighted by Crippen LogP contribution is -2.43. The van der Waals surface area contributed by atoms with E-state index in [1.54, 1.807) is 29.2 Å². The van der Waals surface area contributed by atoms with Gasteiger partial charge in [0, 0.05) is 73.7 Å². The second-order valence-corrected chi connectivity index (χ2v) is 7.66. The average Bonchev–Trinajstić information content (AvgIpc) is 3.47. The lowest BCUT2D eigenvalue weighted by atomic mass is 10.1. The molecule has 0 aliphatic carbocycles.